The van der Waals surface area contributed by atoms with Crippen molar-refractivity contribution in [2.75, 3.05) is 0 Å². The summed E-state index contributed by atoms with van der Waals surface area (Å²) in [6, 6.07) is -0.00593. The second-order valence-electron chi connectivity index (χ2n) is 3.54. The quantitative estimate of drug-likeness (QED) is 0.584. The molecule has 4 nitrogen and oxygen atoms in total. The Morgan fingerprint density at radius 1 is 1.54 bits per heavy atom. The third-order valence-electron chi connectivity index (χ3n) is 1.77. The first kappa shape index (κ1) is 11.9. The summed E-state index contributed by atoms with van der Waals surface area (Å²) >= 11 is 0. The van der Waals surface area contributed by atoms with Gasteiger partial charge in [-0.3, -0.25) is 9.59 Å². The molecule has 0 bridgehead atoms. The third kappa shape index (κ3) is 7.31. The first-order valence-electron chi connectivity index (χ1n) is 4.47. The van der Waals surface area contributed by atoms with Gasteiger partial charge in [-0.2, -0.15) is 0 Å². The number of amides is 1. The maximum absolute atomic E-state index is 10.3. The van der Waals surface area contributed by atoms with E-state index in [9.17, 15) is 9.59 Å². The summed E-state index contributed by atoms with van der Waals surface area (Å²) in [5, 5.41) is 11.1. The summed E-state index contributed by atoms with van der Waals surface area (Å²) in [6.45, 7) is 4.08. The van der Waals surface area contributed by atoms with E-state index in [4.69, 9.17) is 5.11 Å². The van der Waals surface area contributed by atoms with E-state index in [1.807, 2.05) is 13.8 Å². The van der Waals surface area contributed by atoms with E-state index in [1.165, 1.54) is 0 Å². The number of rotatable bonds is 7. The summed E-state index contributed by atoms with van der Waals surface area (Å²) in [4.78, 5) is 20.5. The largest absolute Gasteiger partial charge is 0.481 e. The summed E-state index contributed by atoms with van der Waals surface area (Å²) in [6.07, 6.45) is 2.07. The molecule has 76 valence electrons. The molecule has 0 aliphatic heterocycles. The van der Waals surface area contributed by atoms with Crippen molar-refractivity contribution in [1.29, 1.82) is 0 Å². The van der Waals surface area contributed by atoms with E-state index < -0.39 is 5.97 Å². The third-order valence-corrected chi connectivity index (χ3v) is 1.77. The van der Waals surface area contributed by atoms with Crippen LogP contribution < -0.4 is 5.32 Å². The minimum absolute atomic E-state index is 0.00593. The van der Waals surface area contributed by atoms with E-state index in [0.29, 0.717) is 18.7 Å². The lowest BCUT2D eigenvalue weighted by molar-refractivity contribution is -0.137. The van der Waals surface area contributed by atoms with E-state index in [-0.39, 0.29) is 12.5 Å². The smallest absolute Gasteiger partial charge is 0.303 e. The Kier molecular flexibility index (Phi) is 5.93. The maximum Gasteiger partial charge on any atom is 0.303 e. The molecule has 13 heavy (non-hydrogen) atoms. The van der Waals surface area contributed by atoms with Gasteiger partial charge in [0, 0.05) is 12.5 Å². The van der Waals surface area contributed by atoms with Crippen LogP contribution in [0.5, 0.6) is 0 Å². The lowest BCUT2D eigenvalue weighted by Crippen LogP contribution is -2.29. The van der Waals surface area contributed by atoms with Gasteiger partial charge >= 0.3 is 5.97 Å². The molecule has 0 fully saturated rings. The molecule has 1 amide bonds. The fourth-order valence-corrected chi connectivity index (χ4v) is 1.23. The predicted octanol–water partition coefficient (Wildman–Crippen LogP) is 1.01. The number of carbonyl (C=O) groups excluding carboxylic acids is 1. The van der Waals surface area contributed by atoms with E-state index in [1.54, 1.807) is 0 Å². The zero-order chi connectivity index (χ0) is 10.3. The molecule has 0 aliphatic carbocycles. The summed E-state index contributed by atoms with van der Waals surface area (Å²) < 4.78 is 0. The van der Waals surface area contributed by atoms with Crippen molar-refractivity contribution in [3.63, 3.8) is 0 Å². The van der Waals surface area contributed by atoms with Gasteiger partial charge in [0.05, 0.1) is 0 Å². The van der Waals surface area contributed by atoms with Gasteiger partial charge in [-0.15, -0.1) is 0 Å². The molecule has 0 saturated heterocycles. The van der Waals surface area contributed by atoms with E-state index in [2.05, 4.69) is 5.32 Å². The Morgan fingerprint density at radius 3 is 2.54 bits per heavy atom. The van der Waals surface area contributed by atoms with Gasteiger partial charge in [0.2, 0.25) is 6.41 Å². The van der Waals surface area contributed by atoms with Crippen LogP contribution in [-0.4, -0.2) is 23.5 Å². The lowest BCUT2D eigenvalue weighted by Gasteiger charge is -2.16. The first-order chi connectivity index (χ1) is 6.06. The monoisotopic (exact) mass is 187 g/mol. The molecule has 1 unspecified atom stereocenters. The average Bonchev–Trinajstić information content (AvgIpc) is 1.99. The highest BCUT2D eigenvalue weighted by atomic mass is 16.4. The summed E-state index contributed by atoms with van der Waals surface area (Å²) in [5.74, 6) is -0.354. The van der Waals surface area contributed by atoms with Crippen LogP contribution in [-0.2, 0) is 9.59 Å². The van der Waals surface area contributed by atoms with Gasteiger partial charge in [-0.25, -0.2) is 0 Å². The minimum Gasteiger partial charge on any atom is -0.481 e. The van der Waals surface area contributed by atoms with Crippen LogP contribution in [0.4, 0.5) is 0 Å². The van der Waals surface area contributed by atoms with E-state index >= 15 is 0 Å². The maximum atomic E-state index is 10.3. The Bertz CT molecular complexity index is 168. The van der Waals surface area contributed by atoms with Crippen LogP contribution in [0.2, 0.25) is 0 Å². The predicted molar refractivity (Wildman–Crippen MR) is 49.3 cm³/mol. The lowest BCUT2D eigenvalue weighted by atomic mass is 10.00. The Hall–Kier alpha value is -1.06. The summed E-state index contributed by atoms with van der Waals surface area (Å²) in [7, 11) is 0. The van der Waals surface area contributed by atoms with Gasteiger partial charge < -0.3 is 10.4 Å². The van der Waals surface area contributed by atoms with E-state index in [0.717, 1.165) is 6.42 Å². The number of hydrogen-bond donors (Lipinski definition) is 2. The van der Waals surface area contributed by atoms with Crippen LogP contribution in [0.25, 0.3) is 0 Å². The summed E-state index contributed by atoms with van der Waals surface area (Å²) in [5.41, 5.74) is 0. The number of carboxylic acid groups (broad SMARTS) is 1. The number of hydrogen-bond acceptors (Lipinski definition) is 2. The van der Waals surface area contributed by atoms with Crippen LogP contribution in [0.15, 0.2) is 0 Å². The molecule has 1 atom stereocenters. The van der Waals surface area contributed by atoms with Gasteiger partial charge in [-0.1, -0.05) is 13.8 Å². The second-order valence-corrected chi connectivity index (χ2v) is 3.54. The van der Waals surface area contributed by atoms with Gasteiger partial charge in [-0.05, 0) is 18.8 Å². The molecule has 2 N–H and O–H groups in total. The second kappa shape index (κ2) is 6.46. The standard InChI is InChI=1S/C9H17NO3/c1-7(2)5-8(10-6-11)3-4-9(12)13/h6-8H,3-5H2,1-2H3,(H,10,11)(H,12,13). The van der Waals surface area contributed by atoms with Crippen molar-refractivity contribution in [2.45, 2.75) is 39.2 Å². The van der Waals surface area contributed by atoms with Crippen molar-refractivity contribution in [3.8, 4) is 0 Å². The molecule has 0 rings (SSSR count). The Labute approximate surface area is 78.3 Å². The number of carboxylic acids is 1. The molecule has 0 aromatic rings. The van der Waals surface area contributed by atoms with Crippen LogP contribution >= 0.6 is 0 Å². The highest BCUT2D eigenvalue weighted by Crippen LogP contribution is 2.09. The zero-order valence-electron chi connectivity index (χ0n) is 8.12. The topological polar surface area (TPSA) is 66.4 Å². The minimum atomic E-state index is -0.818. The van der Waals surface area contributed by atoms with Crippen LogP contribution in [0, 0.1) is 5.92 Å². The fraction of sp³-hybridized carbons (Fsp3) is 0.778. The number of carbonyl (C=O) groups is 2. The van der Waals surface area contributed by atoms with Gasteiger partial charge in [0.1, 0.15) is 0 Å². The molecule has 0 aromatic carbocycles. The Balaban J connectivity index is 3.79. The molecule has 0 heterocycles. The molecule has 4 heteroatoms. The zero-order valence-corrected chi connectivity index (χ0v) is 8.12. The van der Waals surface area contributed by atoms with Crippen molar-refractivity contribution < 1.29 is 14.7 Å². The highest BCUT2D eigenvalue weighted by molar-refractivity contribution is 5.66. The highest BCUT2D eigenvalue weighted by Gasteiger charge is 2.11. The van der Waals surface area contributed by atoms with Crippen LogP contribution in [0.1, 0.15) is 33.1 Å². The SMILES string of the molecule is CC(C)CC(CCC(=O)O)NC=O. The van der Waals surface area contributed by atoms with Gasteiger partial charge in [0.25, 0.3) is 0 Å². The average molecular weight is 187 g/mol. The van der Waals surface area contributed by atoms with Crippen molar-refractivity contribution >= 4 is 12.4 Å². The van der Waals surface area contributed by atoms with Crippen molar-refractivity contribution in [3.05, 3.63) is 0 Å². The molecule has 0 aromatic heterocycles. The van der Waals surface area contributed by atoms with Gasteiger partial charge in [0.15, 0.2) is 0 Å². The number of aliphatic carboxylic acids is 1. The molecule has 0 aliphatic rings. The van der Waals surface area contributed by atoms with Crippen LogP contribution in [0.3, 0.4) is 0 Å². The first-order valence-corrected chi connectivity index (χ1v) is 4.47. The fourth-order valence-electron chi connectivity index (χ4n) is 1.23. The van der Waals surface area contributed by atoms with Crippen molar-refractivity contribution in [2.24, 2.45) is 5.92 Å². The molecule has 0 saturated carbocycles. The normalized spacial score (nSPS) is 12.5. The molecular weight excluding hydrogens is 170 g/mol. The van der Waals surface area contributed by atoms with Crippen molar-refractivity contribution in [1.82, 2.24) is 5.32 Å². The number of nitrogens with one attached hydrogen (secondary N) is 1. The Morgan fingerprint density at radius 2 is 2.15 bits per heavy atom. The molecule has 0 radical (unpaired) electrons. The molecule has 0 spiro atoms. The molecular formula is C9H17NO3.